The van der Waals surface area contributed by atoms with Gasteiger partial charge in [-0.1, -0.05) is 13.8 Å². The van der Waals surface area contributed by atoms with Crippen LogP contribution in [0.1, 0.15) is 38.7 Å². The van der Waals surface area contributed by atoms with E-state index in [2.05, 4.69) is 30.1 Å². The molecule has 2 aliphatic rings. The summed E-state index contributed by atoms with van der Waals surface area (Å²) in [6.45, 7) is 6.24. The minimum atomic E-state index is -0.142. The van der Waals surface area contributed by atoms with E-state index in [4.69, 9.17) is 5.26 Å². The van der Waals surface area contributed by atoms with Crippen LogP contribution < -0.4 is 5.32 Å². The van der Waals surface area contributed by atoms with Crippen LogP contribution in [0, 0.1) is 17.2 Å². The molecule has 2 heterocycles. The van der Waals surface area contributed by atoms with Gasteiger partial charge in [0.25, 0.3) is 0 Å². The molecule has 2 fully saturated rings. The summed E-state index contributed by atoms with van der Waals surface area (Å²) in [4.78, 5) is 28.9. The molecule has 0 radical (unpaired) electrons. The molecule has 0 saturated carbocycles. The van der Waals surface area contributed by atoms with Gasteiger partial charge < -0.3 is 15.1 Å². The Morgan fingerprint density at radius 1 is 1.22 bits per heavy atom. The first kappa shape index (κ1) is 19.6. The van der Waals surface area contributed by atoms with Crippen molar-refractivity contribution in [2.45, 2.75) is 38.0 Å². The Labute approximate surface area is 164 Å². The zero-order chi connectivity index (χ0) is 19.4. The second kappa shape index (κ2) is 8.22. The molecule has 2 saturated heterocycles. The van der Waals surface area contributed by atoms with Gasteiger partial charge in [-0.15, -0.1) is 11.8 Å². The van der Waals surface area contributed by atoms with Crippen molar-refractivity contribution in [2.24, 2.45) is 5.92 Å². The highest BCUT2D eigenvalue weighted by Gasteiger charge is 2.46. The van der Waals surface area contributed by atoms with E-state index in [1.807, 2.05) is 16.7 Å². The molecular weight excluding hydrogens is 360 g/mol. The summed E-state index contributed by atoms with van der Waals surface area (Å²) in [6, 6.07) is 8.79. The van der Waals surface area contributed by atoms with E-state index >= 15 is 0 Å². The van der Waals surface area contributed by atoms with Crippen LogP contribution in [-0.4, -0.2) is 52.0 Å². The number of benzene rings is 1. The average molecular weight is 387 g/mol. The largest absolute Gasteiger partial charge is 0.327 e. The van der Waals surface area contributed by atoms with E-state index in [-0.39, 0.29) is 16.8 Å². The van der Waals surface area contributed by atoms with Crippen molar-refractivity contribution < 1.29 is 9.59 Å². The minimum absolute atomic E-state index is 0.127. The standard InChI is InChI=1S/C20H26N4O2S/c1-15(2)13-18(25)24-11-12-27-20(24)7-9-23(10-8-20)19(26)22-17-5-3-16(14-21)4-6-17/h3-6,15H,7-13H2,1-2H3,(H,22,26). The first-order valence-electron chi connectivity index (χ1n) is 9.44. The number of thioether (sulfide) groups is 1. The second-order valence-electron chi connectivity index (χ2n) is 7.54. The molecule has 0 aliphatic carbocycles. The molecule has 2 aliphatic heterocycles. The van der Waals surface area contributed by atoms with Crippen LogP contribution in [0.5, 0.6) is 0 Å². The normalized spacial score (nSPS) is 18.6. The number of likely N-dealkylation sites (tertiary alicyclic amines) is 1. The Kier molecular flexibility index (Phi) is 5.95. The van der Waals surface area contributed by atoms with Crippen molar-refractivity contribution in [2.75, 3.05) is 30.7 Å². The molecule has 3 rings (SSSR count). The number of nitrogens with zero attached hydrogens (tertiary/aromatic N) is 3. The van der Waals surface area contributed by atoms with Crippen molar-refractivity contribution in [1.29, 1.82) is 5.26 Å². The summed E-state index contributed by atoms with van der Waals surface area (Å²) in [6.07, 6.45) is 2.20. The van der Waals surface area contributed by atoms with Gasteiger partial charge in [0.05, 0.1) is 16.5 Å². The molecular formula is C20H26N4O2S. The van der Waals surface area contributed by atoms with Crippen LogP contribution in [0.15, 0.2) is 24.3 Å². The number of amides is 3. The lowest BCUT2D eigenvalue weighted by molar-refractivity contribution is -0.135. The Balaban J connectivity index is 1.58. The Hall–Kier alpha value is -2.20. The van der Waals surface area contributed by atoms with Crippen LogP contribution in [0.3, 0.4) is 0 Å². The Bertz CT molecular complexity index is 733. The highest BCUT2D eigenvalue weighted by molar-refractivity contribution is 8.00. The molecule has 0 unspecified atom stereocenters. The monoisotopic (exact) mass is 386 g/mol. The summed E-state index contributed by atoms with van der Waals surface area (Å²) < 4.78 is 0. The molecule has 1 aromatic rings. The van der Waals surface area contributed by atoms with Gasteiger partial charge in [0.1, 0.15) is 0 Å². The average Bonchev–Trinajstić information content (AvgIpc) is 3.05. The molecule has 0 bridgehead atoms. The van der Waals surface area contributed by atoms with Crippen molar-refractivity contribution in [3.8, 4) is 6.07 Å². The van der Waals surface area contributed by atoms with Crippen molar-refractivity contribution in [1.82, 2.24) is 9.80 Å². The Morgan fingerprint density at radius 3 is 2.48 bits per heavy atom. The number of piperidine rings is 1. The molecule has 27 heavy (non-hydrogen) atoms. The van der Waals surface area contributed by atoms with Crippen LogP contribution in [0.25, 0.3) is 0 Å². The van der Waals surface area contributed by atoms with E-state index in [9.17, 15) is 9.59 Å². The molecule has 1 N–H and O–H groups in total. The molecule has 0 aromatic heterocycles. The van der Waals surface area contributed by atoms with E-state index in [0.717, 1.165) is 25.1 Å². The zero-order valence-corrected chi connectivity index (χ0v) is 16.7. The molecule has 0 atom stereocenters. The summed E-state index contributed by atoms with van der Waals surface area (Å²) in [5.74, 6) is 1.57. The smallest absolute Gasteiger partial charge is 0.321 e. The topological polar surface area (TPSA) is 76.4 Å². The predicted octanol–water partition coefficient (Wildman–Crippen LogP) is 3.50. The number of carbonyl (C=O) groups is 2. The summed E-state index contributed by atoms with van der Waals surface area (Å²) in [5.41, 5.74) is 1.25. The maximum atomic E-state index is 12.6. The van der Waals surface area contributed by atoms with E-state index in [0.29, 0.717) is 36.7 Å². The maximum absolute atomic E-state index is 12.6. The summed E-state index contributed by atoms with van der Waals surface area (Å²) in [7, 11) is 0. The lowest BCUT2D eigenvalue weighted by Gasteiger charge is -2.44. The van der Waals surface area contributed by atoms with Gasteiger partial charge in [-0.25, -0.2) is 4.79 Å². The fourth-order valence-corrected chi connectivity index (χ4v) is 5.20. The fourth-order valence-electron chi connectivity index (χ4n) is 3.72. The van der Waals surface area contributed by atoms with Gasteiger partial charge in [0.15, 0.2) is 0 Å². The van der Waals surface area contributed by atoms with E-state index < -0.39 is 0 Å². The number of urea groups is 1. The molecule has 1 aromatic carbocycles. The van der Waals surface area contributed by atoms with Gasteiger partial charge in [0.2, 0.25) is 5.91 Å². The molecule has 6 nitrogen and oxygen atoms in total. The highest BCUT2D eigenvalue weighted by atomic mass is 32.2. The highest BCUT2D eigenvalue weighted by Crippen LogP contribution is 2.44. The number of nitrogens with one attached hydrogen (secondary N) is 1. The number of hydrogen-bond donors (Lipinski definition) is 1. The molecule has 3 amide bonds. The first-order valence-corrected chi connectivity index (χ1v) is 10.4. The van der Waals surface area contributed by atoms with Crippen LogP contribution >= 0.6 is 11.8 Å². The third kappa shape index (κ3) is 4.38. The lowest BCUT2D eigenvalue weighted by Crippen LogP contribution is -2.54. The summed E-state index contributed by atoms with van der Waals surface area (Å²) in [5, 5.41) is 11.7. The third-order valence-corrected chi connectivity index (χ3v) is 6.71. The quantitative estimate of drug-likeness (QED) is 0.862. The van der Waals surface area contributed by atoms with Crippen LogP contribution in [0.4, 0.5) is 10.5 Å². The minimum Gasteiger partial charge on any atom is -0.327 e. The summed E-state index contributed by atoms with van der Waals surface area (Å²) >= 11 is 1.87. The molecule has 144 valence electrons. The fraction of sp³-hybridized carbons (Fsp3) is 0.550. The second-order valence-corrected chi connectivity index (χ2v) is 9.00. The molecule has 1 spiro atoms. The van der Waals surface area contributed by atoms with Gasteiger partial charge in [-0.3, -0.25) is 4.79 Å². The van der Waals surface area contributed by atoms with Crippen molar-refractivity contribution >= 4 is 29.4 Å². The number of rotatable bonds is 3. The van der Waals surface area contributed by atoms with Crippen LogP contribution in [-0.2, 0) is 4.79 Å². The third-order valence-electron chi connectivity index (χ3n) is 5.16. The Morgan fingerprint density at radius 2 is 1.89 bits per heavy atom. The first-order chi connectivity index (χ1) is 12.9. The lowest BCUT2D eigenvalue weighted by atomic mass is 10.0. The van der Waals surface area contributed by atoms with Crippen LogP contribution in [0.2, 0.25) is 0 Å². The number of carbonyl (C=O) groups excluding carboxylic acids is 2. The van der Waals surface area contributed by atoms with Gasteiger partial charge in [-0.05, 0) is 43.0 Å². The van der Waals surface area contributed by atoms with Crippen molar-refractivity contribution in [3.63, 3.8) is 0 Å². The van der Waals surface area contributed by atoms with E-state index in [1.165, 1.54) is 0 Å². The SMILES string of the molecule is CC(C)CC(=O)N1CCSC12CCN(C(=O)Nc1ccc(C#N)cc1)CC2. The van der Waals surface area contributed by atoms with Gasteiger partial charge in [0, 0.05) is 37.5 Å². The molecule has 7 heteroatoms. The van der Waals surface area contributed by atoms with Gasteiger partial charge >= 0.3 is 6.03 Å². The predicted molar refractivity (Wildman–Crippen MR) is 107 cm³/mol. The van der Waals surface area contributed by atoms with E-state index in [1.54, 1.807) is 24.3 Å². The number of hydrogen-bond acceptors (Lipinski definition) is 4. The van der Waals surface area contributed by atoms with Gasteiger partial charge in [-0.2, -0.15) is 5.26 Å². The number of nitriles is 1. The van der Waals surface area contributed by atoms with Crippen molar-refractivity contribution in [3.05, 3.63) is 29.8 Å². The number of anilines is 1. The zero-order valence-electron chi connectivity index (χ0n) is 15.9. The maximum Gasteiger partial charge on any atom is 0.321 e.